The van der Waals surface area contributed by atoms with Crippen LogP contribution in [0.4, 0.5) is 0 Å². The second-order valence-electron chi connectivity index (χ2n) is 4.93. The molecular weight excluding hydrogens is 286 g/mol. The number of nitrogens with one attached hydrogen (secondary N) is 1. The van der Waals surface area contributed by atoms with Crippen LogP contribution in [-0.2, 0) is 9.53 Å². The normalized spacial score (nSPS) is 13.0. The van der Waals surface area contributed by atoms with E-state index < -0.39 is 12.0 Å². The van der Waals surface area contributed by atoms with Crippen LogP contribution in [0.25, 0.3) is 0 Å². The first-order chi connectivity index (χ1) is 10.5. The number of carbonyl (C=O) groups is 2. The maximum absolute atomic E-state index is 12.3. The van der Waals surface area contributed by atoms with Crippen LogP contribution in [0.5, 0.6) is 11.5 Å². The SMILES string of the molecule is CC[C@H](C)[C@H](NC(=O)c1ccc(OC)c(OC)c1)C(=O)OC. The fourth-order valence-electron chi connectivity index (χ4n) is 2.00. The van der Waals surface area contributed by atoms with E-state index in [2.05, 4.69) is 5.32 Å². The highest BCUT2D eigenvalue weighted by Crippen LogP contribution is 2.27. The number of ether oxygens (including phenoxy) is 3. The lowest BCUT2D eigenvalue weighted by Gasteiger charge is -2.22. The van der Waals surface area contributed by atoms with Crippen LogP contribution in [0.2, 0.25) is 0 Å². The van der Waals surface area contributed by atoms with Gasteiger partial charge in [0.1, 0.15) is 6.04 Å². The molecule has 1 N–H and O–H groups in total. The van der Waals surface area contributed by atoms with Crippen molar-refractivity contribution in [1.82, 2.24) is 5.32 Å². The van der Waals surface area contributed by atoms with E-state index in [0.29, 0.717) is 17.1 Å². The highest BCUT2D eigenvalue weighted by atomic mass is 16.5. The van der Waals surface area contributed by atoms with Crippen LogP contribution in [0.3, 0.4) is 0 Å². The van der Waals surface area contributed by atoms with E-state index in [4.69, 9.17) is 14.2 Å². The third-order valence-electron chi connectivity index (χ3n) is 3.60. The molecule has 0 fully saturated rings. The molecule has 0 saturated carbocycles. The van der Waals surface area contributed by atoms with Crippen LogP contribution >= 0.6 is 0 Å². The Labute approximate surface area is 130 Å². The molecular formula is C16H23NO5. The zero-order chi connectivity index (χ0) is 16.7. The third-order valence-corrected chi connectivity index (χ3v) is 3.60. The fourth-order valence-corrected chi connectivity index (χ4v) is 2.00. The van der Waals surface area contributed by atoms with Crippen molar-refractivity contribution < 1.29 is 23.8 Å². The van der Waals surface area contributed by atoms with Gasteiger partial charge in [-0.15, -0.1) is 0 Å². The Morgan fingerprint density at radius 3 is 2.27 bits per heavy atom. The Morgan fingerprint density at radius 2 is 1.77 bits per heavy atom. The van der Waals surface area contributed by atoms with Crippen molar-refractivity contribution in [2.75, 3.05) is 21.3 Å². The maximum atomic E-state index is 12.3. The minimum atomic E-state index is -0.685. The number of benzene rings is 1. The Balaban J connectivity index is 2.97. The Bertz CT molecular complexity index is 529. The summed E-state index contributed by atoms with van der Waals surface area (Å²) in [7, 11) is 4.32. The van der Waals surface area contributed by atoms with Gasteiger partial charge in [0, 0.05) is 5.56 Å². The summed E-state index contributed by atoms with van der Waals surface area (Å²) in [6, 6.07) is 4.14. The summed E-state index contributed by atoms with van der Waals surface area (Å²) in [6.45, 7) is 3.83. The van der Waals surface area contributed by atoms with E-state index in [-0.39, 0.29) is 11.8 Å². The molecule has 6 nitrogen and oxygen atoms in total. The van der Waals surface area contributed by atoms with Gasteiger partial charge in [0.15, 0.2) is 11.5 Å². The van der Waals surface area contributed by atoms with Crippen molar-refractivity contribution in [3.63, 3.8) is 0 Å². The van der Waals surface area contributed by atoms with Gasteiger partial charge in [-0.2, -0.15) is 0 Å². The molecule has 22 heavy (non-hydrogen) atoms. The fraction of sp³-hybridized carbons (Fsp3) is 0.500. The Hall–Kier alpha value is -2.24. The minimum absolute atomic E-state index is 0.0310. The maximum Gasteiger partial charge on any atom is 0.328 e. The van der Waals surface area contributed by atoms with E-state index in [1.807, 2.05) is 13.8 Å². The van der Waals surface area contributed by atoms with Crippen molar-refractivity contribution in [3.8, 4) is 11.5 Å². The number of amides is 1. The van der Waals surface area contributed by atoms with Gasteiger partial charge in [-0.1, -0.05) is 20.3 Å². The van der Waals surface area contributed by atoms with Crippen molar-refractivity contribution >= 4 is 11.9 Å². The topological polar surface area (TPSA) is 73.9 Å². The second kappa shape index (κ2) is 8.26. The number of rotatable bonds is 7. The van der Waals surface area contributed by atoms with E-state index in [1.165, 1.54) is 21.3 Å². The van der Waals surface area contributed by atoms with Gasteiger partial charge in [0.2, 0.25) is 0 Å². The van der Waals surface area contributed by atoms with Crippen LogP contribution in [0, 0.1) is 5.92 Å². The highest BCUT2D eigenvalue weighted by Gasteiger charge is 2.27. The number of methoxy groups -OCH3 is 3. The molecule has 2 atom stereocenters. The van der Waals surface area contributed by atoms with Crippen molar-refractivity contribution in [2.45, 2.75) is 26.3 Å². The molecule has 122 valence electrons. The third kappa shape index (κ3) is 4.13. The molecule has 0 unspecified atom stereocenters. The molecule has 0 bridgehead atoms. The number of carbonyl (C=O) groups excluding carboxylic acids is 2. The Kier molecular flexibility index (Phi) is 6.69. The number of hydrogen-bond donors (Lipinski definition) is 1. The lowest BCUT2D eigenvalue weighted by atomic mass is 9.99. The quantitative estimate of drug-likeness (QED) is 0.780. The molecule has 0 aromatic heterocycles. The van der Waals surface area contributed by atoms with E-state index in [1.54, 1.807) is 18.2 Å². The summed E-state index contributed by atoms with van der Waals surface area (Å²) in [5.74, 6) is 0.134. The zero-order valence-corrected chi connectivity index (χ0v) is 13.6. The minimum Gasteiger partial charge on any atom is -0.493 e. The monoisotopic (exact) mass is 309 g/mol. The standard InChI is InChI=1S/C16H23NO5/c1-6-10(2)14(16(19)22-5)17-15(18)11-7-8-12(20-3)13(9-11)21-4/h7-10,14H,6H2,1-5H3,(H,17,18)/t10-,14-/m0/s1. The summed E-state index contributed by atoms with van der Waals surface area (Å²) >= 11 is 0. The van der Waals surface area contributed by atoms with Gasteiger partial charge in [-0.05, 0) is 24.1 Å². The predicted octanol–water partition coefficient (Wildman–Crippen LogP) is 2.02. The summed E-state index contributed by atoms with van der Waals surface area (Å²) in [4.78, 5) is 24.2. The summed E-state index contributed by atoms with van der Waals surface area (Å²) in [6.07, 6.45) is 0.742. The molecule has 0 saturated heterocycles. The van der Waals surface area contributed by atoms with Gasteiger partial charge in [-0.3, -0.25) is 4.79 Å². The van der Waals surface area contributed by atoms with Crippen LogP contribution in [0.1, 0.15) is 30.6 Å². The second-order valence-corrected chi connectivity index (χ2v) is 4.93. The van der Waals surface area contributed by atoms with Crippen LogP contribution in [0.15, 0.2) is 18.2 Å². The average Bonchev–Trinajstić information content (AvgIpc) is 2.57. The van der Waals surface area contributed by atoms with E-state index in [9.17, 15) is 9.59 Å². The average molecular weight is 309 g/mol. The molecule has 1 amide bonds. The summed E-state index contributed by atoms with van der Waals surface area (Å²) in [5.41, 5.74) is 0.384. The predicted molar refractivity (Wildman–Crippen MR) is 82.3 cm³/mol. The largest absolute Gasteiger partial charge is 0.493 e. The first kappa shape index (κ1) is 17.8. The van der Waals surface area contributed by atoms with Crippen LogP contribution < -0.4 is 14.8 Å². The molecule has 1 rings (SSSR count). The van der Waals surface area contributed by atoms with E-state index in [0.717, 1.165) is 6.42 Å². The molecule has 0 spiro atoms. The molecule has 0 aliphatic heterocycles. The van der Waals surface area contributed by atoms with Crippen molar-refractivity contribution in [1.29, 1.82) is 0 Å². The molecule has 6 heteroatoms. The molecule has 1 aromatic rings. The molecule has 1 aromatic carbocycles. The molecule has 0 heterocycles. The number of hydrogen-bond acceptors (Lipinski definition) is 5. The summed E-state index contributed by atoms with van der Waals surface area (Å²) < 4.78 is 15.1. The van der Waals surface area contributed by atoms with Gasteiger partial charge < -0.3 is 19.5 Å². The highest BCUT2D eigenvalue weighted by molar-refractivity contribution is 5.97. The van der Waals surface area contributed by atoms with Gasteiger partial charge in [-0.25, -0.2) is 4.79 Å². The first-order valence-electron chi connectivity index (χ1n) is 7.09. The zero-order valence-electron chi connectivity index (χ0n) is 13.6. The van der Waals surface area contributed by atoms with Gasteiger partial charge in [0.25, 0.3) is 5.91 Å². The van der Waals surface area contributed by atoms with Crippen molar-refractivity contribution in [3.05, 3.63) is 23.8 Å². The molecule has 0 aliphatic rings. The van der Waals surface area contributed by atoms with Crippen molar-refractivity contribution in [2.24, 2.45) is 5.92 Å². The van der Waals surface area contributed by atoms with Crippen LogP contribution in [-0.4, -0.2) is 39.2 Å². The Morgan fingerprint density at radius 1 is 1.14 bits per heavy atom. The smallest absolute Gasteiger partial charge is 0.328 e. The van der Waals surface area contributed by atoms with E-state index >= 15 is 0 Å². The molecule has 0 radical (unpaired) electrons. The lowest BCUT2D eigenvalue weighted by Crippen LogP contribution is -2.45. The van der Waals surface area contributed by atoms with Gasteiger partial charge in [0.05, 0.1) is 21.3 Å². The summed E-state index contributed by atoms with van der Waals surface area (Å²) in [5, 5.41) is 2.71. The number of esters is 1. The van der Waals surface area contributed by atoms with Gasteiger partial charge >= 0.3 is 5.97 Å². The first-order valence-corrected chi connectivity index (χ1v) is 7.09. The lowest BCUT2D eigenvalue weighted by molar-refractivity contribution is -0.144. The molecule has 0 aliphatic carbocycles.